The van der Waals surface area contributed by atoms with Gasteiger partial charge in [0, 0.05) is 59.5 Å². The van der Waals surface area contributed by atoms with E-state index < -0.39 is 0 Å². The monoisotopic (exact) mass is 396 g/mol. The van der Waals surface area contributed by atoms with E-state index in [4.69, 9.17) is 4.74 Å². The van der Waals surface area contributed by atoms with E-state index in [1.165, 1.54) is 19.4 Å². The third-order valence-electron chi connectivity index (χ3n) is 5.82. The molecule has 0 aromatic carbocycles. The standard InChI is InChI=1S/C20H40N6O2/c1-5-26-10-6-7-18(26)15-21-20(22-16-19(27)24(2)3)23-17-8-11-25(12-9-17)13-14-28-4/h17-18H,5-16H2,1-4H3,(H2,21,22,23). The van der Waals surface area contributed by atoms with Crippen LogP contribution in [0.25, 0.3) is 0 Å². The van der Waals surface area contributed by atoms with Gasteiger partial charge in [-0.05, 0) is 38.8 Å². The van der Waals surface area contributed by atoms with Crippen molar-refractivity contribution >= 4 is 11.9 Å². The van der Waals surface area contributed by atoms with Crippen molar-refractivity contribution in [3.63, 3.8) is 0 Å². The highest BCUT2D eigenvalue weighted by atomic mass is 16.5. The summed E-state index contributed by atoms with van der Waals surface area (Å²) in [6.45, 7) is 9.46. The number of piperidine rings is 1. The Morgan fingerprint density at radius 1 is 1.21 bits per heavy atom. The third kappa shape index (κ3) is 7.56. The van der Waals surface area contributed by atoms with Crippen LogP contribution in [-0.2, 0) is 9.53 Å². The molecule has 0 aromatic heterocycles. The van der Waals surface area contributed by atoms with Gasteiger partial charge in [-0.25, -0.2) is 4.99 Å². The van der Waals surface area contributed by atoms with Gasteiger partial charge in [0.2, 0.25) is 5.91 Å². The molecule has 2 N–H and O–H groups in total. The van der Waals surface area contributed by atoms with Gasteiger partial charge in [0.15, 0.2) is 5.96 Å². The lowest BCUT2D eigenvalue weighted by Gasteiger charge is -2.33. The first-order chi connectivity index (χ1) is 13.5. The first-order valence-electron chi connectivity index (χ1n) is 10.7. The first kappa shape index (κ1) is 22.9. The number of nitrogens with zero attached hydrogens (tertiary/aromatic N) is 4. The molecule has 2 heterocycles. The van der Waals surface area contributed by atoms with Crippen molar-refractivity contribution in [1.82, 2.24) is 25.3 Å². The largest absolute Gasteiger partial charge is 0.383 e. The number of nitrogens with one attached hydrogen (secondary N) is 2. The number of rotatable bonds is 9. The summed E-state index contributed by atoms with van der Waals surface area (Å²) in [7, 11) is 5.29. The number of likely N-dealkylation sites (N-methyl/N-ethyl adjacent to an activating group) is 2. The molecule has 2 rings (SSSR count). The normalized spacial score (nSPS) is 22.4. The molecule has 2 aliphatic rings. The average molecular weight is 397 g/mol. The number of guanidine groups is 1. The summed E-state index contributed by atoms with van der Waals surface area (Å²) in [6.07, 6.45) is 4.65. The number of carbonyl (C=O) groups excluding carboxylic acids is 1. The summed E-state index contributed by atoms with van der Waals surface area (Å²) >= 11 is 0. The Bertz CT molecular complexity index is 491. The zero-order valence-corrected chi connectivity index (χ0v) is 18.2. The molecule has 0 aliphatic carbocycles. The molecule has 0 saturated carbocycles. The molecule has 0 spiro atoms. The van der Waals surface area contributed by atoms with Crippen molar-refractivity contribution in [2.24, 2.45) is 4.99 Å². The molecule has 28 heavy (non-hydrogen) atoms. The minimum Gasteiger partial charge on any atom is -0.383 e. The van der Waals surface area contributed by atoms with E-state index in [2.05, 4.69) is 32.3 Å². The summed E-state index contributed by atoms with van der Waals surface area (Å²) in [5.74, 6) is 0.792. The van der Waals surface area contributed by atoms with Gasteiger partial charge in [-0.1, -0.05) is 6.92 Å². The molecular formula is C20H40N6O2. The Morgan fingerprint density at radius 2 is 1.96 bits per heavy atom. The quantitative estimate of drug-likeness (QED) is 0.429. The van der Waals surface area contributed by atoms with Crippen molar-refractivity contribution in [2.75, 3.05) is 73.6 Å². The minimum atomic E-state index is 0.0199. The highest BCUT2D eigenvalue weighted by Crippen LogP contribution is 2.15. The topological polar surface area (TPSA) is 72.4 Å². The van der Waals surface area contributed by atoms with Gasteiger partial charge < -0.3 is 25.2 Å². The van der Waals surface area contributed by atoms with Gasteiger partial charge in [0.1, 0.15) is 6.54 Å². The lowest BCUT2D eigenvalue weighted by Crippen LogP contribution is -2.51. The molecule has 0 aromatic rings. The van der Waals surface area contributed by atoms with Gasteiger partial charge in [0.25, 0.3) is 0 Å². The van der Waals surface area contributed by atoms with Crippen LogP contribution >= 0.6 is 0 Å². The second kappa shape index (κ2) is 12.2. The molecule has 8 heteroatoms. The van der Waals surface area contributed by atoms with Gasteiger partial charge in [-0.3, -0.25) is 9.69 Å². The van der Waals surface area contributed by atoms with Gasteiger partial charge in [-0.15, -0.1) is 0 Å². The first-order valence-corrected chi connectivity index (χ1v) is 10.7. The molecular weight excluding hydrogens is 356 g/mol. The van der Waals surface area contributed by atoms with E-state index in [0.29, 0.717) is 12.1 Å². The summed E-state index contributed by atoms with van der Waals surface area (Å²) in [5, 5.41) is 7.08. The minimum absolute atomic E-state index is 0.0199. The Morgan fingerprint density at radius 3 is 2.61 bits per heavy atom. The number of aliphatic imine (C=N–C) groups is 1. The molecule has 2 saturated heterocycles. The Hall–Kier alpha value is -1.38. The SMILES string of the molecule is CCN1CCCC1CNC(=NCC(=O)N(C)C)NC1CCN(CCOC)CC1. The summed E-state index contributed by atoms with van der Waals surface area (Å²) < 4.78 is 5.18. The van der Waals surface area contributed by atoms with Gasteiger partial charge in [0.05, 0.1) is 6.61 Å². The predicted molar refractivity (Wildman–Crippen MR) is 114 cm³/mol. The van der Waals surface area contributed by atoms with Crippen LogP contribution in [0.3, 0.4) is 0 Å². The van der Waals surface area contributed by atoms with E-state index in [9.17, 15) is 4.79 Å². The van der Waals surface area contributed by atoms with E-state index in [1.54, 1.807) is 26.1 Å². The lowest BCUT2D eigenvalue weighted by atomic mass is 10.1. The maximum Gasteiger partial charge on any atom is 0.243 e. The fourth-order valence-electron chi connectivity index (χ4n) is 3.91. The molecule has 1 atom stereocenters. The second-order valence-electron chi connectivity index (χ2n) is 8.01. The summed E-state index contributed by atoms with van der Waals surface area (Å²) in [4.78, 5) is 23.1. The van der Waals surface area contributed by atoms with E-state index in [0.717, 1.165) is 58.1 Å². The van der Waals surface area contributed by atoms with E-state index in [-0.39, 0.29) is 12.5 Å². The van der Waals surface area contributed by atoms with E-state index >= 15 is 0 Å². The van der Waals surface area contributed by atoms with Gasteiger partial charge in [-0.2, -0.15) is 0 Å². The van der Waals surface area contributed by atoms with Crippen LogP contribution in [0, 0.1) is 0 Å². The maximum atomic E-state index is 12.0. The average Bonchev–Trinajstić information content (AvgIpc) is 3.16. The lowest BCUT2D eigenvalue weighted by molar-refractivity contribution is -0.127. The van der Waals surface area contributed by atoms with Crippen LogP contribution in [0.2, 0.25) is 0 Å². The fraction of sp³-hybridized carbons (Fsp3) is 0.900. The molecule has 162 valence electrons. The van der Waals surface area contributed by atoms with Gasteiger partial charge >= 0.3 is 0 Å². The number of ether oxygens (including phenoxy) is 1. The smallest absolute Gasteiger partial charge is 0.243 e. The molecule has 0 bridgehead atoms. The number of amides is 1. The highest BCUT2D eigenvalue weighted by Gasteiger charge is 2.24. The number of likely N-dealkylation sites (tertiary alicyclic amines) is 2. The number of methoxy groups -OCH3 is 1. The van der Waals surface area contributed by atoms with Crippen LogP contribution < -0.4 is 10.6 Å². The van der Waals surface area contributed by atoms with Crippen molar-refractivity contribution in [3.05, 3.63) is 0 Å². The second-order valence-corrected chi connectivity index (χ2v) is 8.01. The number of carbonyl (C=O) groups is 1. The van der Waals surface area contributed by atoms with Crippen LogP contribution in [0.5, 0.6) is 0 Å². The third-order valence-corrected chi connectivity index (χ3v) is 5.82. The molecule has 1 unspecified atom stereocenters. The summed E-state index contributed by atoms with van der Waals surface area (Å²) in [5.41, 5.74) is 0. The molecule has 1 amide bonds. The highest BCUT2D eigenvalue weighted by molar-refractivity contribution is 5.85. The Labute approximate surface area is 170 Å². The van der Waals surface area contributed by atoms with Crippen molar-refractivity contribution in [3.8, 4) is 0 Å². The number of hydrogen-bond donors (Lipinski definition) is 2. The number of hydrogen-bond acceptors (Lipinski definition) is 5. The Kier molecular flexibility index (Phi) is 10.0. The van der Waals surface area contributed by atoms with E-state index in [1.807, 2.05) is 0 Å². The molecule has 8 nitrogen and oxygen atoms in total. The van der Waals surface area contributed by atoms with Crippen molar-refractivity contribution in [2.45, 2.75) is 44.7 Å². The molecule has 2 fully saturated rings. The summed E-state index contributed by atoms with van der Waals surface area (Å²) in [6, 6.07) is 0.947. The van der Waals surface area contributed by atoms with Crippen LogP contribution in [0.15, 0.2) is 4.99 Å². The Balaban J connectivity index is 1.87. The molecule has 0 radical (unpaired) electrons. The fourth-order valence-corrected chi connectivity index (χ4v) is 3.91. The van der Waals surface area contributed by atoms with Crippen molar-refractivity contribution < 1.29 is 9.53 Å². The van der Waals surface area contributed by atoms with Crippen LogP contribution in [0.1, 0.15) is 32.6 Å². The van der Waals surface area contributed by atoms with Crippen molar-refractivity contribution in [1.29, 1.82) is 0 Å². The molecule has 2 aliphatic heterocycles. The maximum absolute atomic E-state index is 12.0. The van der Waals surface area contributed by atoms with Crippen LogP contribution in [0.4, 0.5) is 0 Å². The zero-order chi connectivity index (χ0) is 20.4. The zero-order valence-electron chi connectivity index (χ0n) is 18.2. The van der Waals surface area contributed by atoms with Crippen LogP contribution in [-0.4, -0.2) is 112 Å². The predicted octanol–water partition coefficient (Wildman–Crippen LogP) is 0.205.